The van der Waals surface area contributed by atoms with Crippen molar-refractivity contribution in [3.63, 3.8) is 0 Å². The lowest BCUT2D eigenvalue weighted by Crippen LogP contribution is -2.04. The van der Waals surface area contributed by atoms with Crippen LogP contribution in [-0.2, 0) is 0 Å². The van der Waals surface area contributed by atoms with Crippen LogP contribution in [0.4, 0.5) is 0 Å². The molecule has 2 aromatic carbocycles. The number of hydrogen-bond acceptors (Lipinski definition) is 3. The molecule has 0 aliphatic carbocycles. The summed E-state index contributed by atoms with van der Waals surface area (Å²) in [5.41, 5.74) is 2.78. The highest BCUT2D eigenvalue weighted by molar-refractivity contribution is 5.36. The smallest absolute Gasteiger partial charge is 0.122 e. The number of nitrogens with zero attached hydrogens (tertiary/aromatic N) is 2. The Kier molecular flexibility index (Phi) is 6.41. The zero-order chi connectivity index (χ0) is 17.4. The molecular formula is C21H22N2O. The SMILES string of the molecule is CC(C)c1ccccc1OCCCC(C#N)c1ccc(C#N)cc1. The molecule has 0 heterocycles. The summed E-state index contributed by atoms with van der Waals surface area (Å²) in [7, 11) is 0. The molecule has 0 aromatic heterocycles. The molecule has 0 radical (unpaired) electrons. The monoisotopic (exact) mass is 318 g/mol. The molecule has 122 valence electrons. The van der Waals surface area contributed by atoms with E-state index in [0.717, 1.165) is 24.2 Å². The summed E-state index contributed by atoms with van der Waals surface area (Å²) in [4.78, 5) is 0. The number of ether oxygens (including phenoxy) is 1. The van der Waals surface area contributed by atoms with Crippen LogP contribution in [0.15, 0.2) is 48.5 Å². The average molecular weight is 318 g/mol. The first kappa shape index (κ1) is 17.6. The molecule has 24 heavy (non-hydrogen) atoms. The first-order valence-electron chi connectivity index (χ1n) is 8.27. The fourth-order valence-corrected chi connectivity index (χ4v) is 2.65. The Morgan fingerprint density at radius 3 is 2.33 bits per heavy atom. The van der Waals surface area contributed by atoms with Crippen molar-refractivity contribution < 1.29 is 4.74 Å². The summed E-state index contributed by atoms with van der Waals surface area (Å²) in [6.07, 6.45) is 1.55. The van der Waals surface area contributed by atoms with Gasteiger partial charge >= 0.3 is 0 Å². The van der Waals surface area contributed by atoms with Crippen molar-refractivity contribution in [2.45, 2.75) is 38.5 Å². The topological polar surface area (TPSA) is 56.8 Å². The number of hydrogen-bond donors (Lipinski definition) is 0. The molecule has 2 rings (SSSR count). The lowest BCUT2D eigenvalue weighted by atomic mass is 9.95. The number of rotatable bonds is 7. The molecule has 0 saturated heterocycles. The molecule has 0 aliphatic heterocycles. The number of para-hydroxylation sites is 1. The summed E-state index contributed by atoms with van der Waals surface area (Å²) >= 11 is 0. The van der Waals surface area contributed by atoms with E-state index >= 15 is 0 Å². The highest BCUT2D eigenvalue weighted by Crippen LogP contribution is 2.26. The minimum atomic E-state index is -0.165. The Hall–Kier alpha value is -2.78. The predicted octanol–water partition coefficient (Wildman–Crippen LogP) is 5.15. The van der Waals surface area contributed by atoms with Crippen molar-refractivity contribution in [3.05, 3.63) is 65.2 Å². The Labute approximate surface area is 144 Å². The van der Waals surface area contributed by atoms with Gasteiger partial charge in [0.25, 0.3) is 0 Å². The van der Waals surface area contributed by atoms with Gasteiger partial charge in [0.05, 0.1) is 30.2 Å². The second kappa shape index (κ2) is 8.75. The Bertz CT molecular complexity index is 736. The van der Waals surface area contributed by atoms with Crippen LogP contribution in [0.2, 0.25) is 0 Å². The van der Waals surface area contributed by atoms with Crippen LogP contribution in [0.5, 0.6) is 5.75 Å². The second-order valence-corrected chi connectivity index (χ2v) is 6.10. The molecule has 0 aliphatic rings. The molecule has 0 amide bonds. The van der Waals surface area contributed by atoms with E-state index in [1.54, 1.807) is 12.1 Å². The molecule has 1 atom stereocenters. The lowest BCUT2D eigenvalue weighted by Gasteiger charge is -2.14. The molecule has 0 N–H and O–H groups in total. The minimum Gasteiger partial charge on any atom is -0.493 e. The number of nitriles is 2. The van der Waals surface area contributed by atoms with Crippen LogP contribution in [-0.4, -0.2) is 6.61 Å². The van der Waals surface area contributed by atoms with Gasteiger partial charge in [-0.05, 0) is 48.1 Å². The second-order valence-electron chi connectivity index (χ2n) is 6.10. The van der Waals surface area contributed by atoms with Gasteiger partial charge in [0.1, 0.15) is 5.75 Å². The van der Waals surface area contributed by atoms with Gasteiger partial charge in [-0.3, -0.25) is 0 Å². The molecule has 0 fully saturated rings. The molecule has 0 saturated carbocycles. The maximum atomic E-state index is 9.38. The summed E-state index contributed by atoms with van der Waals surface area (Å²) in [5.74, 6) is 1.19. The van der Waals surface area contributed by atoms with E-state index in [-0.39, 0.29) is 5.92 Å². The zero-order valence-corrected chi connectivity index (χ0v) is 14.2. The van der Waals surface area contributed by atoms with Gasteiger partial charge in [-0.2, -0.15) is 10.5 Å². The van der Waals surface area contributed by atoms with E-state index in [2.05, 4.69) is 32.1 Å². The van der Waals surface area contributed by atoms with E-state index in [0.29, 0.717) is 18.1 Å². The van der Waals surface area contributed by atoms with Crippen LogP contribution < -0.4 is 4.74 Å². The fraction of sp³-hybridized carbons (Fsp3) is 0.333. The minimum absolute atomic E-state index is 0.165. The van der Waals surface area contributed by atoms with Crippen LogP contribution in [0.1, 0.15) is 55.2 Å². The predicted molar refractivity (Wildman–Crippen MR) is 94.8 cm³/mol. The maximum Gasteiger partial charge on any atom is 0.122 e. The van der Waals surface area contributed by atoms with Gasteiger partial charge in [-0.1, -0.05) is 44.2 Å². The van der Waals surface area contributed by atoms with E-state index in [1.807, 2.05) is 30.3 Å². The third-order valence-corrected chi connectivity index (χ3v) is 4.03. The largest absolute Gasteiger partial charge is 0.493 e. The third-order valence-electron chi connectivity index (χ3n) is 4.03. The van der Waals surface area contributed by atoms with Crippen molar-refractivity contribution in [2.24, 2.45) is 0 Å². The summed E-state index contributed by atoms with van der Waals surface area (Å²) < 4.78 is 5.91. The standard InChI is InChI=1S/C21H22N2O/c1-16(2)20-7-3-4-8-21(20)24-13-5-6-19(15-23)18-11-9-17(14-22)10-12-18/h3-4,7-12,16,19H,5-6,13H2,1-2H3. The van der Waals surface area contributed by atoms with E-state index < -0.39 is 0 Å². The molecule has 1 unspecified atom stereocenters. The number of benzene rings is 2. The Morgan fingerprint density at radius 1 is 1.00 bits per heavy atom. The molecule has 0 spiro atoms. The molecule has 3 nitrogen and oxygen atoms in total. The van der Waals surface area contributed by atoms with Crippen LogP contribution in [0.25, 0.3) is 0 Å². The highest BCUT2D eigenvalue weighted by atomic mass is 16.5. The van der Waals surface area contributed by atoms with Gasteiger partial charge in [0, 0.05) is 0 Å². The summed E-state index contributed by atoms with van der Waals surface area (Å²) in [6.45, 7) is 4.90. The van der Waals surface area contributed by atoms with Crippen LogP contribution in [0, 0.1) is 22.7 Å². The van der Waals surface area contributed by atoms with Gasteiger partial charge < -0.3 is 4.74 Å². The van der Waals surface area contributed by atoms with Gasteiger partial charge in [-0.15, -0.1) is 0 Å². The normalized spacial score (nSPS) is 11.5. The Balaban J connectivity index is 1.89. The third kappa shape index (κ3) is 4.61. The van der Waals surface area contributed by atoms with Gasteiger partial charge in [0.2, 0.25) is 0 Å². The Morgan fingerprint density at radius 2 is 1.71 bits per heavy atom. The van der Waals surface area contributed by atoms with Crippen molar-refractivity contribution in [3.8, 4) is 17.9 Å². The molecule has 0 bridgehead atoms. The maximum absolute atomic E-state index is 9.38. The fourth-order valence-electron chi connectivity index (χ4n) is 2.65. The summed E-state index contributed by atoms with van der Waals surface area (Å²) in [5, 5.41) is 18.2. The van der Waals surface area contributed by atoms with E-state index in [9.17, 15) is 5.26 Å². The van der Waals surface area contributed by atoms with Gasteiger partial charge in [-0.25, -0.2) is 0 Å². The lowest BCUT2D eigenvalue weighted by molar-refractivity contribution is 0.301. The van der Waals surface area contributed by atoms with Crippen LogP contribution >= 0.6 is 0 Å². The van der Waals surface area contributed by atoms with Crippen molar-refractivity contribution in [2.75, 3.05) is 6.61 Å². The van der Waals surface area contributed by atoms with Crippen molar-refractivity contribution in [1.82, 2.24) is 0 Å². The molecule has 2 aromatic rings. The average Bonchev–Trinajstić information content (AvgIpc) is 2.62. The van der Waals surface area contributed by atoms with Gasteiger partial charge in [0.15, 0.2) is 0 Å². The van der Waals surface area contributed by atoms with Crippen molar-refractivity contribution >= 4 is 0 Å². The molecule has 3 heteroatoms. The van der Waals surface area contributed by atoms with Crippen molar-refractivity contribution in [1.29, 1.82) is 10.5 Å². The first-order chi connectivity index (χ1) is 11.7. The highest BCUT2D eigenvalue weighted by Gasteiger charge is 2.11. The first-order valence-corrected chi connectivity index (χ1v) is 8.27. The molecular weight excluding hydrogens is 296 g/mol. The zero-order valence-electron chi connectivity index (χ0n) is 14.2. The van der Waals surface area contributed by atoms with E-state index in [4.69, 9.17) is 10.00 Å². The van der Waals surface area contributed by atoms with E-state index in [1.165, 1.54) is 5.56 Å². The quantitative estimate of drug-likeness (QED) is 0.663. The van der Waals surface area contributed by atoms with Crippen LogP contribution in [0.3, 0.4) is 0 Å². The summed E-state index contributed by atoms with van der Waals surface area (Å²) in [6, 6.07) is 19.8.